The number of amides is 1. The molecular weight excluding hydrogens is 348 g/mol. The van der Waals surface area contributed by atoms with Crippen LogP contribution in [0.4, 0.5) is 0 Å². The molecule has 4 rings (SSSR count). The number of thiazole rings is 1. The van der Waals surface area contributed by atoms with Crippen molar-refractivity contribution < 1.29 is 9.21 Å². The van der Waals surface area contributed by atoms with E-state index in [9.17, 15) is 4.79 Å². The molecule has 26 heavy (non-hydrogen) atoms. The zero-order valence-corrected chi connectivity index (χ0v) is 14.9. The van der Waals surface area contributed by atoms with Crippen molar-refractivity contribution in [2.45, 2.75) is 13.5 Å². The molecule has 130 valence electrons. The number of hydrogen-bond donors (Lipinski definition) is 1. The fraction of sp³-hybridized carbons (Fsp3) is 0.105. The summed E-state index contributed by atoms with van der Waals surface area (Å²) >= 11 is 1.45. The molecule has 1 aromatic carbocycles. The zero-order chi connectivity index (χ0) is 17.9. The lowest BCUT2D eigenvalue weighted by Gasteiger charge is -2.06. The first-order valence-corrected chi connectivity index (χ1v) is 8.89. The lowest BCUT2D eigenvalue weighted by Crippen LogP contribution is -2.23. The second-order valence-corrected chi connectivity index (χ2v) is 6.92. The highest BCUT2D eigenvalue weighted by molar-refractivity contribution is 7.15. The third-order valence-corrected chi connectivity index (χ3v) is 4.92. The van der Waals surface area contributed by atoms with E-state index in [-0.39, 0.29) is 5.91 Å². The van der Waals surface area contributed by atoms with Crippen LogP contribution in [0.15, 0.2) is 65.8 Å². The summed E-state index contributed by atoms with van der Waals surface area (Å²) in [6.07, 6.45) is 6.97. The third-order valence-electron chi connectivity index (χ3n) is 3.94. The highest BCUT2D eigenvalue weighted by atomic mass is 32.1. The summed E-state index contributed by atoms with van der Waals surface area (Å²) in [4.78, 5) is 21.8. The second-order valence-electron chi connectivity index (χ2n) is 5.72. The van der Waals surface area contributed by atoms with Gasteiger partial charge >= 0.3 is 0 Å². The van der Waals surface area contributed by atoms with Gasteiger partial charge in [-0.3, -0.25) is 4.79 Å². The van der Waals surface area contributed by atoms with E-state index in [0.29, 0.717) is 23.0 Å². The van der Waals surface area contributed by atoms with Crippen LogP contribution in [0.1, 0.15) is 20.9 Å². The van der Waals surface area contributed by atoms with Crippen molar-refractivity contribution in [3.05, 3.63) is 77.5 Å². The second kappa shape index (κ2) is 6.97. The number of imidazole rings is 1. The molecule has 0 unspecified atom stereocenters. The Morgan fingerprint density at radius 2 is 2.12 bits per heavy atom. The van der Waals surface area contributed by atoms with Gasteiger partial charge in [-0.15, -0.1) is 11.3 Å². The van der Waals surface area contributed by atoms with Gasteiger partial charge in [0.05, 0.1) is 12.6 Å². The van der Waals surface area contributed by atoms with Crippen LogP contribution in [-0.4, -0.2) is 20.4 Å². The Kier molecular flexibility index (Phi) is 4.37. The van der Waals surface area contributed by atoms with Crippen LogP contribution >= 0.6 is 11.3 Å². The van der Waals surface area contributed by atoms with Crippen molar-refractivity contribution in [1.82, 2.24) is 19.9 Å². The predicted octanol–water partition coefficient (Wildman–Crippen LogP) is 3.83. The number of aromatic nitrogens is 3. The van der Waals surface area contributed by atoms with Crippen LogP contribution in [0.5, 0.6) is 0 Å². The van der Waals surface area contributed by atoms with Gasteiger partial charge in [-0.2, -0.15) is 0 Å². The van der Waals surface area contributed by atoms with Gasteiger partial charge in [0.1, 0.15) is 5.69 Å². The van der Waals surface area contributed by atoms with Crippen molar-refractivity contribution >= 4 is 17.2 Å². The van der Waals surface area contributed by atoms with Gasteiger partial charge in [0.2, 0.25) is 0 Å². The summed E-state index contributed by atoms with van der Waals surface area (Å²) in [5.74, 6) is 0.488. The number of benzene rings is 1. The lowest BCUT2D eigenvalue weighted by atomic mass is 10.2. The summed E-state index contributed by atoms with van der Waals surface area (Å²) in [7, 11) is 0. The van der Waals surface area contributed by atoms with E-state index in [0.717, 1.165) is 16.1 Å². The molecule has 4 aromatic rings. The van der Waals surface area contributed by atoms with Crippen LogP contribution in [0, 0.1) is 6.92 Å². The fourth-order valence-corrected chi connectivity index (χ4v) is 3.46. The quantitative estimate of drug-likeness (QED) is 0.584. The monoisotopic (exact) mass is 364 g/mol. The van der Waals surface area contributed by atoms with Crippen molar-refractivity contribution in [3.8, 4) is 16.5 Å². The maximum Gasteiger partial charge on any atom is 0.271 e. The molecule has 1 N–H and O–H groups in total. The highest BCUT2D eigenvalue weighted by Gasteiger charge is 2.17. The van der Waals surface area contributed by atoms with E-state index in [1.165, 1.54) is 11.3 Å². The van der Waals surface area contributed by atoms with Gasteiger partial charge in [-0.05, 0) is 36.8 Å². The molecular formula is C19H16N4O2S. The summed E-state index contributed by atoms with van der Waals surface area (Å²) in [6, 6.07) is 11.6. The summed E-state index contributed by atoms with van der Waals surface area (Å²) < 4.78 is 7.28. The molecule has 0 aliphatic carbocycles. The third kappa shape index (κ3) is 3.29. The first-order valence-electron chi connectivity index (χ1n) is 8.07. The number of aryl methyl sites for hydroxylation is 1. The molecule has 0 aliphatic rings. The lowest BCUT2D eigenvalue weighted by molar-refractivity contribution is 0.0946. The van der Waals surface area contributed by atoms with Gasteiger partial charge in [0, 0.05) is 29.5 Å². The van der Waals surface area contributed by atoms with Gasteiger partial charge in [0.25, 0.3) is 5.91 Å². The Morgan fingerprint density at radius 1 is 1.27 bits per heavy atom. The number of carbonyl (C=O) groups is 1. The van der Waals surface area contributed by atoms with Crippen LogP contribution in [-0.2, 0) is 6.54 Å². The standard InChI is InChI=1S/C19H16N4O2S/c1-13-17(22-19(26-13)16-3-2-10-25-16)18(24)21-11-14-4-6-15(7-5-14)23-9-8-20-12-23/h2-10,12H,11H2,1H3,(H,21,24). The molecule has 0 saturated heterocycles. The SMILES string of the molecule is Cc1sc(-c2ccco2)nc1C(=O)NCc1ccc(-n2ccnc2)cc1. The molecule has 0 aliphatic heterocycles. The number of furan rings is 1. The molecule has 0 bridgehead atoms. The van der Waals surface area contributed by atoms with Crippen LogP contribution < -0.4 is 5.32 Å². The van der Waals surface area contributed by atoms with E-state index >= 15 is 0 Å². The van der Waals surface area contributed by atoms with Gasteiger partial charge in [-0.1, -0.05) is 12.1 Å². The fourth-order valence-electron chi connectivity index (χ4n) is 2.58. The van der Waals surface area contributed by atoms with Gasteiger partial charge < -0.3 is 14.3 Å². The van der Waals surface area contributed by atoms with E-state index < -0.39 is 0 Å². The molecule has 0 saturated carbocycles. The Labute approximate surface area is 154 Å². The van der Waals surface area contributed by atoms with E-state index in [2.05, 4.69) is 15.3 Å². The predicted molar refractivity (Wildman–Crippen MR) is 99.3 cm³/mol. The molecule has 3 aromatic heterocycles. The van der Waals surface area contributed by atoms with Gasteiger partial charge in [-0.25, -0.2) is 9.97 Å². The molecule has 0 spiro atoms. The topological polar surface area (TPSA) is 73.0 Å². The molecule has 7 heteroatoms. The van der Waals surface area contributed by atoms with Crippen molar-refractivity contribution in [2.24, 2.45) is 0 Å². The van der Waals surface area contributed by atoms with Crippen LogP contribution in [0.3, 0.4) is 0 Å². The number of nitrogens with one attached hydrogen (secondary N) is 1. The summed E-state index contributed by atoms with van der Waals surface area (Å²) in [5, 5.41) is 3.63. The van der Waals surface area contributed by atoms with E-state index in [1.807, 2.05) is 48.0 Å². The molecule has 0 fully saturated rings. The minimum Gasteiger partial charge on any atom is -0.462 e. The average Bonchev–Trinajstić information content (AvgIpc) is 3.41. The van der Waals surface area contributed by atoms with Crippen molar-refractivity contribution in [2.75, 3.05) is 0 Å². The molecule has 1 amide bonds. The Morgan fingerprint density at radius 3 is 2.81 bits per heavy atom. The minimum absolute atomic E-state index is 0.185. The van der Waals surface area contributed by atoms with Crippen LogP contribution in [0.25, 0.3) is 16.5 Å². The van der Waals surface area contributed by atoms with Crippen LogP contribution in [0.2, 0.25) is 0 Å². The van der Waals surface area contributed by atoms with Crippen molar-refractivity contribution in [1.29, 1.82) is 0 Å². The summed E-state index contributed by atoms with van der Waals surface area (Å²) in [6.45, 7) is 2.33. The number of carbonyl (C=O) groups excluding carboxylic acids is 1. The largest absolute Gasteiger partial charge is 0.462 e. The highest BCUT2D eigenvalue weighted by Crippen LogP contribution is 2.27. The number of hydrogen-bond acceptors (Lipinski definition) is 5. The Balaban J connectivity index is 1.42. The average molecular weight is 364 g/mol. The van der Waals surface area contributed by atoms with Crippen molar-refractivity contribution in [3.63, 3.8) is 0 Å². The first-order chi connectivity index (χ1) is 12.7. The molecule has 3 heterocycles. The Hall–Kier alpha value is -3.19. The molecule has 0 radical (unpaired) electrons. The molecule has 6 nitrogen and oxygen atoms in total. The number of nitrogens with zero attached hydrogens (tertiary/aromatic N) is 3. The minimum atomic E-state index is -0.185. The first kappa shape index (κ1) is 16.3. The van der Waals surface area contributed by atoms with Gasteiger partial charge in [0.15, 0.2) is 10.8 Å². The molecule has 0 atom stereocenters. The maximum absolute atomic E-state index is 12.5. The van der Waals surface area contributed by atoms with E-state index in [1.54, 1.807) is 24.9 Å². The smallest absolute Gasteiger partial charge is 0.271 e. The maximum atomic E-state index is 12.5. The normalized spacial score (nSPS) is 10.8. The van der Waals surface area contributed by atoms with E-state index in [4.69, 9.17) is 4.42 Å². The zero-order valence-electron chi connectivity index (χ0n) is 14.0. The number of rotatable bonds is 5. The summed E-state index contributed by atoms with van der Waals surface area (Å²) in [5.41, 5.74) is 2.48. The Bertz CT molecular complexity index is 1000.